The number of carbonyl (C=O) groups excluding carboxylic acids is 1. The highest BCUT2D eigenvalue weighted by atomic mass is 16.5. The molecular formula is C22H23N3O7. The smallest absolute Gasteiger partial charge is 0.320 e. The number of ether oxygens (including phenoxy) is 4. The van der Waals surface area contributed by atoms with Gasteiger partial charge in [-0.05, 0) is 24.3 Å². The van der Waals surface area contributed by atoms with E-state index in [-0.39, 0.29) is 6.54 Å². The summed E-state index contributed by atoms with van der Waals surface area (Å²) in [6.45, 7) is -0.351. The highest BCUT2D eigenvalue weighted by Gasteiger charge is 2.14. The molecule has 3 rings (SSSR count). The summed E-state index contributed by atoms with van der Waals surface area (Å²) in [5.74, 6) is 1.36. The van der Waals surface area contributed by atoms with E-state index in [1.165, 1.54) is 45.4 Å². The molecule has 0 unspecified atom stereocenters. The summed E-state index contributed by atoms with van der Waals surface area (Å²) in [6, 6.07) is 9.72. The minimum absolute atomic E-state index is 0.351. The van der Waals surface area contributed by atoms with Crippen molar-refractivity contribution in [2.75, 3.05) is 33.8 Å². The van der Waals surface area contributed by atoms with E-state index >= 15 is 0 Å². The van der Waals surface area contributed by atoms with Crippen molar-refractivity contribution in [3.63, 3.8) is 0 Å². The zero-order chi connectivity index (χ0) is 23.3. The summed E-state index contributed by atoms with van der Waals surface area (Å²) in [5.41, 5.74) is -0.831. The van der Waals surface area contributed by atoms with E-state index in [1.807, 2.05) is 0 Å². The summed E-state index contributed by atoms with van der Waals surface area (Å²) in [7, 11) is 5.95. The molecule has 0 bridgehead atoms. The van der Waals surface area contributed by atoms with Gasteiger partial charge in [0.25, 0.3) is 0 Å². The van der Waals surface area contributed by atoms with Crippen molar-refractivity contribution in [2.45, 2.75) is 6.54 Å². The molecule has 32 heavy (non-hydrogen) atoms. The van der Waals surface area contributed by atoms with Gasteiger partial charge >= 0.3 is 11.1 Å². The lowest BCUT2D eigenvalue weighted by molar-refractivity contribution is -0.116. The molecule has 0 aliphatic carbocycles. The Bertz CT molecular complexity index is 1250. The van der Waals surface area contributed by atoms with Crippen molar-refractivity contribution in [2.24, 2.45) is 0 Å². The Morgan fingerprint density at radius 1 is 0.812 bits per heavy atom. The Balaban J connectivity index is 1.84. The maximum atomic E-state index is 12.6. The first-order chi connectivity index (χ1) is 15.4. The fraction of sp³-hybridized carbons (Fsp3) is 0.227. The molecule has 168 valence electrons. The molecule has 1 N–H and O–H groups in total. The summed E-state index contributed by atoms with van der Waals surface area (Å²) < 4.78 is 23.0. The first kappa shape index (κ1) is 22.5. The largest absolute Gasteiger partial charge is 0.497 e. The molecular weight excluding hydrogens is 418 g/mol. The van der Waals surface area contributed by atoms with Crippen molar-refractivity contribution < 1.29 is 23.7 Å². The summed E-state index contributed by atoms with van der Waals surface area (Å²) in [6.07, 6.45) is 2.78. The van der Waals surface area contributed by atoms with E-state index in [4.69, 9.17) is 18.9 Å². The Labute approximate surface area is 183 Å². The van der Waals surface area contributed by atoms with Crippen LogP contribution in [0.2, 0.25) is 0 Å². The first-order valence-corrected chi connectivity index (χ1v) is 9.48. The molecule has 0 saturated carbocycles. The predicted molar refractivity (Wildman–Crippen MR) is 118 cm³/mol. The number of amides is 1. The highest BCUT2D eigenvalue weighted by molar-refractivity contribution is 5.92. The molecule has 10 heteroatoms. The third-order valence-corrected chi connectivity index (χ3v) is 4.70. The molecule has 1 heterocycles. The molecule has 1 aromatic heterocycles. The van der Waals surface area contributed by atoms with Crippen LogP contribution in [-0.2, 0) is 11.3 Å². The lowest BCUT2D eigenvalue weighted by Gasteiger charge is -2.13. The van der Waals surface area contributed by atoms with E-state index in [9.17, 15) is 14.4 Å². The summed E-state index contributed by atoms with van der Waals surface area (Å²) >= 11 is 0. The van der Waals surface area contributed by atoms with Gasteiger partial charge in [0.15, 0.2) is 11.5 Å². The Hall–Kier alpha value is -4.21. The van der Waals surface area contributed by atoms with Gasteiger partial charge in [0.1, 0.15) is 18.0 Å². The Morgan fingerprint density at radius 3 is 2.19 bits per heavy atom. The monoisotopic (exact) mass is 441 g/mol. The highest BCUT2D eigenvalue weighted by Crippen LogP contribution is 2.29. The molecule has 0 saturated heterocycles. The van der Waals surface area contributed by atoms with Crippen molar-refractivity contribution >= 4 is 11.6 Å². The zero-order valence-electron chi connectivity index (χ0n) is 18.1. The number of benzene rings is 2. The van der Waals surface area contributed by atoms with Gasteiger partial charge in [-0.2, -0.15) is 0 Å². The second-order valence-corrected chi connectivity index (χ2v) is 6.56. The van der Waals surface area contributed by atoms with Crippen LogP contribution in [-0.4, -0.2) is 43.5 Å². The van der Waals surface area contributed by atoms with E-state index < -0.39 is 17.0 Å². The van der Waals surface area contributed by atoms with Crippen LogP contribution in [0.5, 0.6) is 23.0 Å². The Morgan fingerprint density at radius 2 is 1.53 bits per heavy atom. The van der Waals surface area contributed by atoms with Crippen molar-refractivity contribution in [1.82, 2.24) is 9.13 Å². The second kappa shape index (κ2) is 9.73. The van der Waals surface area contributed by atoms with Crippen LogP contribution in [0.25, 0.3) is 5.69 Å². The number of methoxy groups -OCH3 is 4. The fourth-order valence-corrected chi connectivity index (χ4v) is 3.06. The number of carbonyl (C=O) groups is 1. The molecule has 0 aliphatic rings. The van der Waals surface area contributed by atoms with Crippen LogP contribution in [0.4, 0.5) is 5.69 Å². The van der Waals surface area contributed by atoms with Gasteiger partial charge in [-0.15, -0.1) is 0 Å². The topological polar surface area (TPSA) is 110 Å². The number of anilines is 1. The quantitative estimate of drug-likeness (QED) is 0.530. The molecule has 0 fully saturated rings. The summed E-state index contributed by atoms with van der Waals surface area (Å²) in [4.78, 5) is 37.7. The van der Waals surface area contributed by atoms with Gasteiger partial charge in [-0.25, -0.2) is 0 Å². The van der Waals surface area contributed by atoms with Crippen LogP contribution in [0, 0.1) is 0 Å². The van der Waals surface area contributed by atoms with Gasteiger partial charge in [-0.1, -0.05) is 0 Å². The number of hydrogen-bond acceptors (Lipinski definition) is 7. The van der Waals surface area contributed by atoms with Gasteiger partial charge in [0.2, 0.25) is 5.91 Å². The third-order valence-electron chi connectivity index (χ3n) is 4.70. The normalized spacial score (nSPS) is 10.4. The molecule has 3 aromatic rings. The molecule has 0 atom stereocenters. The van der Waals surface area contributed by atoms with Gasteiger partial charge in [-0.3, -0.25) is 23.5 Å². The number of nitrogens with zero attached hydrogens (tertiary/aromatic N) is 2. The van der Waals surface area contributed by atoms with Crippen LogP contribution < -0.4 is 35.4 Å². The zero-order valence-corrected chi connectivity index (χ0v) is 18.1. The van der Waals surface area contributed by atoms with Gasteiger partial charge < -0.3 is 24.3 Å². The van der Waals surface area contributed by atoms with Crippen LogP contribution in [0.1, 0.15) is 0 Å². The molecule has 10 nitrogen and oxygen atoms in total. The standard InChI is InChI=1S/C22H23N3O7/c1-29-15-6-7-16(18(12-15)31-3)23-20(26)13-24-9-10-25(22(28)21(24)27)14-5-8-17(30-2)19(11-14)32-4/h5-12H,13H2,1-4H3,(H,23,26). The van der Waals surface area contributed by atoms with Crippen molar-refractivity contribution in [1.29, 1.82) is 0 Å². The maximum Gasteiger partial charge on any atom is 0.320 e. The average Bonchev–Trinajstić information content (AvgIpc) is 2.82. The number of aromatic nitrogens is 2. The van der Waals surface area contributed by atoms with Crippen molar-refractivity contribution in [3.8, 4) is 28.7 Å². The van der Waals surface area contributed by atoms with E-state index in [1.54, 1.807) is 36.4 Å². The van der Waals surface area contributed by atoms with Crippen LogP contribution in [0.3, 0.4) is 0 Å². The fourth-order valence-electron chi connectivity index (χ4n) is 3.06. The molecule has 0 aliphatic heterocycles. The van der Waals surface area contributed by atoms with Gasteiger partial charge in [0.05, 0.1) is 39.8 Å². The first-order valence-electron chi connectivity index (χ1n) is 9.48. The van der Waals surface area contributed by atoms with E-state index in [2.05, 4.69) is 5.32 Å². The summed E-state index contributed by atoms with van der Waals surface area (Å²) in [5, 5.41) is 2.66. The third kappa shape index (κ3) is 4.59. The second-order valence-electron chi connectivity index (χ2n) is 6.56. The van der Waals surface area contributed by atoms with E-state index in [0.29, 0.717) is 34.4 Å². The number of nitrogens with one attached hydrogen (secondary N) is 1. The molecule has 0 spiro atoms. The lowest BCUT2D eigenvalue weighted by Crippen LogP contribution is -2.41. The molecule has 1 amide bonds. The van der Waals surface area contributed by atoms with E-state index in [0.717, 1.165) is 4.57 Å². The maximum absolute atomic E-state index is 12.6. The minimum Gasteiger partial charge on any atom is -0.497 e. The molecule has 2 aromatic carbocycles. The lowest BCUT2D eigenvalue weighted by atomic mass is 10.2. The van der Waals surface area contributed by atoms with Crippen LogP contribution >= 0.6 is 0 Å². The van der Waals surface area contributed by atoms with Crippen molar-refractivity contribution in [3.05, 3.63) is 69.5 Å². The average molecular weight is 441 g/mol. The number of rotatable bonds is 8. The SMILES string of the molecule is COc1ccc(NC(=O)Cn2ccn(-c3ccc(OC)c(OC)c3)c(=O)c2=O)c(OC)c1. The Kier molecular flexibility index (Phi) is 6.83. The van der Waals surface area contributed by atoms with Gasteiger partial charge in [0, 0.05) is 24.5 Å². The molecule has 0 radical (unpaired) electrons. The number of hydrogen-bond donors (Lipinski definition) is 1. The predicted octanol–water partition coefficient (Wildman–Crippen LogP) is 1.67. The van der Waals surface area contributed by atoms with Crippen LogP contribution in [0.15, 0.2) is 58.4 Å². The minimum atomic E-state index is -0.848.